The zero-order valence-corrected chi connectivity index (χ0v) is 16.1. The molecule has 0 bridgehead atoms. The van der Waals surface area contributed by atoms with E-state index in [0.717, 1.165) is 31.0 Å². The Morgan fingerprint density at radius 1 is 1.11 bits per heavy atom. The largest absolute Gasteiger partial charge is 0.356 e. The highest BCUT2D eigenvalue weighted by molar-refractivity contribution is 5.94. The number of amides is 1. The molecule has 0 saturated heterocycles. The highest BCUT2D eigenvalue weighted by atomic mass is 16.1. The number of fused-ring (bicyclic) bond motifs is 1. The van der Waals surface area contributed by atoms with Crippen molar-refractivity contribution >= 4 is 17.6 Å². The topological polar surface area (TPSA) is 65.5 Å². The van der Waals surface area contributed by atoms with E-state index < -0.39 is 0 Å². The van der Waals surface area contributed by atoms with Crippen molar-refractivity contribution in [2.75, 3.05) is 25.5 Å². The lowest BCUT2D eigenvalue weighted by atomic mass is 9.90. The van der Waals surface area contributed by atoms with E-state index in [0.29, 0.717) is 13.0 Å². The van der Waals surface area contributed by atoms with Gasteiger partial charge in [0, 0.05) is 38.2 Å². The summed E-state index contributed by atoms with van der Waals surface area (Å²) in [5, 5.41) is 9.66. The Morgan fingerprint density at radius 2 is 1.85 bits per heavy atom. The van der Waals surface area contributed by atoms with Crippen LogP contribution in [0.4, 0.5) is 5.69 Å². The number of rotatable bonds is 6. The summed E-state index contributed by atoms with van der Waals surface area (Å²) in [5.41, 5.74) is 4.77. The van der Waals surface area contributed by atoms with Crippen LogP contribution in [0.25, 0.3) is 0 Å². The standard InChI is InChI=1S/C22H28N4O/c1-3-16-8-10-17(11-9-16)12-13-24-22(23-2)25-15-18-14-21(27)26-20-7-5-4-6-19(18)20/h4-11,18H,3,12-15H2,1-2H3,(H,26,27)(H2,23,24,25). The van der Waals surface area contributed by atoms with Crippen LogP contribution >= 0.6 is 0 Å². The molecule has 0 radical (unpaired) electrons. The van der Waals surface area contributed by atoms with Crippen LogP contribution in [0.3, 0.4) is 0 Å². The fraction of sp³-hybridized carbons (Fsp3) is 0.364. The molecule has 0 aromatic heterocycles. The SMILES string of the molecule is CCc1ccc(CCNC(=NC)NCC2CC(=O)Nc3ccccc32)cc1. The number of para-hydroxylation sites is 1. The predicted molar refractivity (Wildman–Crippen MR) is 111 cm³/mol. The Morgan fingerprint density at radius 3 is 2.59 bits per heavy atom. The number of hydrogen-bond donors (Lipinski definition) is 3. The summed E-state index contributed by atoms with van der Waals surface area (Å²) in [7, 11) is 1.77. The average Bonchev–Trinajstić information content (AvgIpc) is 2.70. The molecular weight excluding hydrogens is 336 g/mol. The molecule has 5 heteroatoms. The second-order valence-electron chi connectivity index (χ2n) is 6.84. The molecule has 1 aliphatic heterocycles. The molecule has 1 aliphatic rings. The zero-order valence-electron chi connectivity index (χ0n) is 16.1. The van der Waals surface area contributed by atoms with Crippen molar-refractivity contribution in [2.45, 2.75) is 32.1 Å². The first-order chi connectivity index (χ1) is 13.2. The summed E-state index contributed by atoms with van der Waals surface area (Å²) >= 11 is 0. The Labute approximate surface area is 161 Å². The van der Waals surface area contributed by atoms with Gasteiger partial charge in [0.15, 0.2) is 5.96 Å². The van der Waals surface area contributed by atoms with Gasteiger partial charge in [-0.3, -0.25) is 9.79 Å². The maximum atomic E-state index is 11.9. The number of nitrogens with one attached hydrogen (secondary N) is 3. The minimum absolute atomic E-state index is 0.0685. The van der Waals surface area contributed by atoms with Crippen LogP contribution < -0.4 is 16.0 Å². The number of carbonyl (C=O) groups excluding carboxylic acids is 1. The smallest absolute Gasteiger partial charge is 0.225 e. The molecule has 0 fully saturated rings. The van der Waals surface area contributed by atoms with Crippen molar-refractivity contribution in [2.24, 2.45) is 4.99 Å². The van der Waals surface area contributed by atoms with Crippen LogP contribution in [0.15, 0.2) is 53.5 Å². The lowest BCUT2D eigenvalue weighted by Crippen LogP contribution is -2.41. The number of anilines is 1. The molecule has 0 saturated carbocycles. The van der Waals surface area contributed by atoms with Gasteiger partial charge in [0.05, 0.1) is 0 Å². The lowest BCUT2D eigenvalue weighted by molar-refractivity contribution is -0.116. The number of carbonyl (C=O) groups is 1. The number of aryl methyl sites for hydroxylation is 1. The number of aliphatic imine (C=N–C) groups is 1. The van der Waals surface area contributed by atoms with Gasteiger partial charge < -0.3 is 16.0 Å². The fourth-order valence-corrected chi connectivity index (χ4v) is 3.39. The van der Waals surface area contributed by atoms with Crippen LogP contribution in [-0.4, -0.2) is 32.0 Å². The van der Waals surface area contributed by atoms with Gasteiger partial charge in [-0.25, -0.2) is 0 Å². The monoisotopic (exact) mass is 364 g/mol. The molecule has 0 aliphatic carbocycles. The summed E-state index contributed by atoms with van der Waals surface area (Å²) in [6, 6.07) is 16.8. The van der Waals surface area contributed by atoms with Crippen molar-refractivity contribution in [3.8, 4) is 0 Å². The highest BCUT2D eigenvalue weighted by Crippen LogP contribution is 2.31. The van der Waals surface area contributed by atoms with Crippen LogP contribution in [0.5, 0.6) is 0 Å². The van der Waals surface area contributed by atoms with E-state index in [4.69, 9.17) is 0 Å². The first-order valence-corrected chi connectivity index (χ1v) is 9.60. The first-order valence-electron chi connectivity index (χ1n) is 9.60. The van der Waals surface area contributed by atoms with Gasteiger partial charge in [-0.2, -0.15) is 0 Å². The van der Waals surface area contributed by atoms with E-state index in [1.54, 1.807) is 7.05 Å². The van der Waals surface area contributed by atoms with Crippen molar-refractivity contribution in [1.82, 2.24) is 10.6 Å². The summed E-state index contributed by atoms with van der Waals surface area (Å²) in [6.45, 7) is 3.66. The van der Waals surface area contributed by atoms with Gasteiger partial charge in [0.25, 0.3) is 0 Å². The summed E-state index contributed by atoms with van der Waals surface area (Å²) in [5.74, 6) is 0.984. The molecular formula is C22H28N4O. The number of nitrogens with zero attached hydrogens (tertiary/aromatic N) is 1. The molecule has 27 heavy (non-hydrogen) atoms. The molecule has 0 spiro atoms. The number of guanidine groups is 1. The van der Waals surface area contributed by atoms with Crippen LogP contribution in [0, 0.1) is 0 Å². The Kier molecular flexibility index (Phi) is 6.47. The van der Waals surface area contributed by atoms with Crippen LogP contribution in [0.1, 0.15) is 36.0 Å². The lowest BCUT2D eigenvalue weighted by Gasteiger charge is -2.26. The predicted octanol–water partition coefficient (Wildman–Crippen LogP) is 3.08. The van der Waals surface area contributed by atoms with Gasteiger partial charge in [-0.05, 0) is 35.6 Å². The quantitative estimate of drug-likeness (QED) is 0.545. The summed E-state index contributed by atoms with van der Waals surface area (Å²) in [4.78, 5) is 16.2. The van der Waals surface area contributed by atoms with Crippen molar-refractivity contribution < 1.29 is 4.79 Å². The average molecular weight is 364 g/mol. The first kappa shape index (κ1) is 19.0. The van der Waals surface area contributed by atoms with Crippen molar-refractivity contribution in [1.29, 1.82) is 0 Å². The molecule has 2 aromatic carbocycles. The molecule has 1 heterocycles. The van der Waals surface area contributed by atoms with Crippen molar-refractivity contribution in [3.05, 3.63) is 65.2 Å². The maximum absolute atomic E-state index is 11.9. The molecule has 5 nitrogen and oxygen atoms in total. The van der Waals surface area contributed by atoms with E-state index in [1.807, 2.05) is 18.2 Å². The minimum Gasteiger partial charge on any atom is -0.356 e. The van der Waals surface area contributed by atoms with E-state index in [9.17, 15) is 4.79 Å². The minimum atomic E-state index is 0.0685. The van der Waals surface area contributed by atoms with Crippen LogP contribution in [-0.2, 0) is 17.6 Å². The second-order valence-corrected chi connectivity index (χ2v) is 6.84. The Balaban J connectivity index is 1.50. The molecule has 2 aromatic rings. The summed E-state index contributed by atoms with van der Waals surface area (Å²) < 4.78 is 0. The molecule has 1 atom stereocenters. The van der Waals surface area contributed by atoms with E-state index >= 15 is 0 Å². The third-order valence-electron chi connectivity index (χ3n) is 4.98. The third kappa shape index (κ3) is 5.09. The fourth-order valence-electron chi connectivity index (χ4n) is 3.39. The maximum Gasteiger partial charge on any atom is 0.225 e. The van der Waals surface area contributed by atoms with Crippen molar-refractivity contribution in [3.63, 3.8) is 0 Å². The molecule has 3 rings (SSSR count). The number of hydrogen-bond acceptors (Lipinski definition) is 2. The molecule has 3 N–H and O–H groups in total. The van der Waals surface area contributed by atoms with Gasteiger partial charge in [0.2, 0.25) is 5.91 Å². The van der Waals surface area contributed by atoms with Gasteiger partial charge >= 0.3 is 0 Å². The molecule has 1 unspecified atom stereocenters. The van der Waals surface area contributed by atoms with Gasteiger partial charge in [0.1, 0.15) is 0 Å². The Hall–Kier alpha value is -2.82. The van der Waals surface area contributed by atoms with E-state index in [1.165, 1.54) is 16.7 Å². The zero-order chi connectivity index (χ0) is 19.1. The van der Waals surface area contributed by atoms with E-state index in [2.05, 4.69) is 58.2 Å². The van der Waals surface area contributed by atoms with Gasteiger partial charge in [-0.1, -0.05) is 49.4 Å². The van der Waals surface area contributed by atoms with Crippen LogP contribution in [0.2, 0.25) is 0 Å². The second kappa shape index (κ2) is 9.21. The van der Waals surface area contributed by atoms with Gasteiger partial charge in [-0.15, -0.1) is 0 Å². The molecule has 1 amide bonds. The number of benzene rings is 2. The van der Waals surface area contributed by atoms with E-state index in [-0.39, 0.29) is 11.8 Å². The molecule has 142 valence electrons. The Bertz CT molecular complexity index is 798. The highest BCUT2D eigenvalue weighted by Gasteiger charge is 2.24. The normalized spacial score (nSPS) is 16.4. The summed E-state index contributed by atoms with van der Waals surface area (Å²) in [6.07, 6.45) is 2.50. The third-order valence-corrected chi connectivity index (χ3v) is 4.98.